The molecule has 1 aromatic carbocycles. The second kappa shape index (κ2) is 5.29. The Kier molecular flexibility index (Phi) is 3.74. The number of pyridine rings is 1. The van der Waals surface area contributed by atoms with E-state index in [1.807, 2.05) is 0 Å². The minimum absolute atomic E-state index is 0.386. The van der Waals surface area contributed by atoms with E-state index in [9.17, 15) is 4.79 Å². The highest BCUT2D eigenvalue weighted by molar-refractivity contribution is 7.99. The Hall–Kier alpha value is -1.72. The van der Waals surface area contributed by atoms with Crippen LogP contribution in [0.5, 0.6) is 0 Å². The number of nitrogen functional groups attached to an aromatic ring is 1. The maximum Gasteiger partial charge on any atom is 0.249 e. The van der Waals surface area contributed by atoms with E-state index in [-0.39, 0.29) is 0 Å². The summed E-state index contributed by atoms with van der Waals surface area (Å²) in [6.45, 7) is 0. The molecule has 0 unspecified atom stereocenters. The third-order valence-corrected chi connectivity index (χ3v) is 3.43. The molecule has 1 heterocycles. The third kappa shape index (κ3) is 2.94. The topological polar surface area (TPSA) is 82.0 Å². The summed E-state index contributed by atoms with van der Waals surface area (Å²) >= 11 is 7.09. The normalized spacial score (nSPS) is 10.3. The maximum atomic E-state index is 11.3. The monoisotopic (exact) mass is 279 g/mol. The van der Waals surface area contributed by atoms with Gasteiger partial charge >= 0.3 is 0 Å². The zero-order valence-corrected chi connectivity index (χ0v) is 10.8. The number of halogens is 1. The van der Waals surface area contributed by atoms with Gasteiger partial charge in [0.25, 0.3) is 0 Å². The Morgan fingerprint density at radius 3 is 2.67 bits per heavy atom. The summed E-state index contributed by atoms with van der Waals surface area (Å²) in [4.78, 5) is 16.2. The van der Waals surface area contributed by atoms with Crippen LogP contribution in [-0.4, -0.2) is 10.9 Å². The van der Waals surface area contributed by atoms with E-state index in [0.717, 1.165) is 5.03 Å². The van der Waals surface area contributed by atoms with Crippen LogP contribution in [0.1, 0.15) is 10.4 Å². The molecule has 4 N–H and O–H groups in total. The fourth-order valence-electron chi connectivity index (χ4n) is 1.36. The highest BCUT2D eigenvalue weighted by atomic mass is 35.5. The lowest BCUT2D eigenvalue weighted by atomic mass is 10.2. The first-order valence-electron chi connectivity index (χ1n) is 5.05. The van der Waals surface area contributed by atoms with Crippen molar-refractivity contribution in [3.8, 4) is 0 Å². The summed E-state index contributed by atoms with van der Waals surface area (Å²) in [6.07, 6.45) is 1.55. The first kappa shape index (κ1) is 12.7. The number of rotatable bonds is 3. The highest BCUT2D eigenvalue weighted by Gasteiger charge is 2.10. The Morgan fingerprint density at radius 2 is 2.06 bits per heavy atom. The number of primary amides is 1. The molecule has 0 radical (unpaired) electrons. The van der Waals surface area contributed by atoms with Crippen molar-refractivity contribution >= 4 is 35.0 Å². The standard InChI is InChI=1S/C12H10ClN3OS/c13-7-1-4-11(16-6-7)18-10-3-2-8(14)5-9(10)12(15)17/h1-6H,14H2,(H2,15,17). The minimum Gasteiger partial charge on any atom is -0.399 e. The molecule has 6 heteroatoms. The number of carbonyl (C=O) groups excluding carboxylic acids is 1. The molecule has 2 aromatic rings. The van der Waals surface area contributed by atoms with E-state index in [0.29, 0.717) is 21.2 Å². The van der Waals surface area contributed by atoms with Crippen LogP contribution >= 0.6 is 23.4 Å². The zero-order chi connectivity index (χ0) is 13.1. The van der Waals surface area contributed by atoms with Crippen LogP contribution in [0.4, 0.5) is 5.69 Å². The second-order valence-electron chi connectivity index (χ2n) is 3.54. The maximum absolute atomic E-state index is 11.3. The number of nitrogens with zero attached hydrogens (tertiary/aromatic N) is 1. The van der Waals surface area contributed by atoms with Crippen LogP contribution in [0, 0.1) is 0 Å². The number of amides is 1. The summed E-state index contributed by atoms with van der Waals surface area (Å²) in [5.41, 5.74) is 11.8. The molecule has 1 aromatic heterocycles. The first-order chi connectivity index (χ1) is 8.56. The molecule has 0 aliphatic rings. The van der Waals surface area contributed by atoms with Crippen LogP contribution in [-0.2, 0) is 0 Å². The van der Waals surface area contributed by atoms with Crippen molar-refractivity contribution in [1.82, 2.24) is 4.98 Å². The molecule has 0 saturated heterocycles. The van der Waals surface area contributed by atoms with Gasteiger partial charge in [0.1, 0.15) is 5.03 Å². The number of aromatic nitrogens is 1. The van der Waals surface area contributed by atoms with E-state index < -0.39 is 5.91 Å². The number of nitrogens with two attached hydrogens (primary N) is 2. The van der Waals surface area contributed by atoms with Crippen LogP contribution in [0.15, 0.2) is 46.5 Å². The Balaban J connectivity index is 2.34. The van der Waals surface area contributed by atoms with Crippen molar-refractivity contribution in [1.29, 1.82) is 0 Å². The highest BCUT2D eigenvalue weighted by Crippen LogP contribution is 2.30. The van der Waals surface area contributed by atoms with Crippen LogP contribution < -0.4 is 11.5 Å². The molecule has 0 aliphatic heterocycles. The van der Waals surface area contributed by atoms with E-state index in [2.05, 4.69) is 4.98 Å². The number of hydrogen-bond donors (Lipinski definition) is 2. The molecule has 0 spiro atoms. The predicted octanol–water partition coefficient (Wildman–Crippen LogP) is 2.57. The SMILES string of the molecule is NC(=O)c1cc(N)ccc1Sc1ccc(Cl)cn1. The van der Waals surface area contributed by atoms with Gasteiger partial charge in [0.05, 0.1) is 10.6 Å². The largest absolute Gasteiger partial charge is 0.399 e. The molecule has 2 rings (SSSR count). The molecular weight excluding hydrogens is 270 g/mol. The van der Waals surface area contributed by atoms with Crippen molar-refractivity contribution in [2.24, 2.45) is 5.73 Å². The van der Waals surface area contributed by atoms with Gasteiger partial charge in [0, 0.05) is 16.8 Å². The van der Waals surface area contributed by atoms with E-state index in [4.69, 9.17) is 23.1 Å². The zero-order valence-electron chi connectivity index (χ0n) is 9.26. The summed E-state index contributed by atoms with van der Waals surface area (Å²) in [6, 6.07) is 8.52. The summed E-state index contributed by atoms with van der Waals surface area (Å²) in [5.74, 6) is -0.515. The van der Waals surface area contributed by atoms with Crippen molar-refractivity contribution < 1.29 is 4.79 Å². The molecule has 18 heavy (non-hydrogen) atoms. The van der Waals surface area contributed by atoms with Crippen LogP contribution in [0.25, 0.3) is 0 Å². The smallest absolute Gasteiger partial charge is 0.249 e. The third-order valence-electron chi connectivity index (χ3n) is 2.18. The van der Waals surface area contributed by atoms with Gasteiger partial charge in [0.15, 0.2) is 0 Å². The molecule has 0 aliphatic carbocycles. The molecule has 4 nitrogen and oxygen atoms in total. The van der Waals surface area contributed by atoms with Gasteiger partial charge in [-0.15, -0.1) is 0 Å². The van der Waals surface area contributed by atoms with Crippen LogP contribution in [0.3, 0.4) is 0 Å². The van der Waals surface area contributed by atoms with Gasteiger partial charge in [0.2, 0.25) is 5.91 Å². The molecule has 0 bridgehead atoms. The fourth-order valence-corrected chi connectivity index (χ4v) is 2.35. The molecular formula is C12H10ClN3OS. The van der Waals surface area contributed by atoms with Crippen molar-refractivity contribution in [3.63, 3.8) is 0 Å². The second-order valence-corrected chi connectivity index (χ2v) is 5.04. The summed E-state index contributed by atoms with van der Waals surface area (Å²) in [5, 5.41) is 1.29. The van der Waals surface area contributed by atoms with Crippen molar-refractivity contribution in [2.75, 3.05) is 5.73 Å². The van der Waals surface area contributed by atoms with Gasteiger partial charge in [-0.3, -0.25) is 4.79 Å². The van der Waals surface area contributed by atoms with Gasteiger partial charge in [-0.05, 0) is 30.3 Å². The molecule has 0 atom stereocenters. The lowest BCUT2D eigenvalue weighted by molar-refractivity contribution is 0.0997. The number of benzene rings is 1. The quantitative estimate of drug-likeness (QED) is 0.846. The molecule has 0 saturated carbocycles. The average Bonchev–Trinajstić information content (AvgIpc) is 2.34. The van der Waals surface area contributed by atoms with E-state index in [1.165, 1.54) is 11.8 Å². The number of carbonyl (C=O) groups is 1. The average molecular weight is 280 g/mol. The number of anilines is 1. The predicted molar refractivity (Wildman–Crippen MR) is 72.7 cm³/mol. The van der Waals surface area contributed by atoms with Gasteiger partial charge < -0.3 is 11.5 Å². The first-order valence-corrected chi connectivity index (χ1v) is 6.24. The lowest BCUT2D eigenvalue weighted by Crippen LogP contribution is -2.12. The van der Waals surface area contributed by atoms with Crippen LogP contribution in [0.2, 0.25) is 5.02 Å². The Bertz CT molecular complexity index is 586. The van der Waals surface area contributed by atoms with Gasteiger partial charge in [-0.1, -0.05) is 23.4 Å². The summed E-state index contributed by atoms with van der Waals surface area (Å²) < 4.78 is 0. The van der Waals surface area contributed by atoms with E-state index in [1.54, 1.807) is 36.5 Å². The van der Waals surface area contributed by atoms with E-state index >= 15 is 0 Å². The fraction of sp³-hybridized carbons (Fsp3) is 0. The van der Waals surface area contributed by atoms with Gasteiger partial charge in [-0.25, -0.2) is 4.98 Å². The van der Waals surface area contributed by atoms with Crippen molar-refractivity contribution in [2.45, 2.75) is 9.92 Å². The van der Waals surface area contributed by atoms with Crippen molar-refractivity contribution in [3.05, 3.63) is 47.1 Å². The molecule has 92 valence electrons. The minimum atomic E-state index is -0.515. The lowest BCUT2D eigenvalue weighted by Gasteiger charge is -2.06. The summed E-state index contributed by atoms with van der Waals surface area (Å²) in [7, 11) is 0. The Labute approximate surface area is 113 Å². The number of hydrogen-bond acceptors (Lipinski definition) is 4. The molecule has 0 fully saturated rings. The Morgan fingerprint density at radius 1 is 1.28 bits per heavy atom. The van der Waals surface area contributed by atoms with Gasteiger partial charge in [-0.2, -0.15) is 0 Å². The molecule has 1 amide bonds.